The second kappa shape index (κ2) is 6.84. The highest BCUT2D eigenvalue weighted by molar-refractivity contribution is 5.76. The van der Waals surface area contributed by atoms with E-state index >= 15 is 0 Å². The smallest absolute Gasteiger partial charge is 0.307 e. The summed E-state index contributed by atoms with van der Waals surface area (Å²) in [5.41, 5.74) is -0.520. The van der Waals surface area contributed by atoms with Crippen LogP contribution >= 0.6 is 0 Å². The monoisotopic (exact) mass is 311 g/mol. The number of carbonyl (C=O) groups is 1. The lowest BCUT2D eigenvalue weighted by Crippen LogP contribution is -2.54. The number of nitrogens with zero attached hydrogens (tertiary/aromatic N) is 4. The van der Waals surface area contributed by atoms with Crippen molar-refractivity contribution in [2.45, 2.75) is 25.9 Å². The fourth-order valence-electron chi connectivity index (χ4n) is 2.46. The Kier molecular flexibility index (Phi) is 5.09. The van der Waals surface area contributed by atoms with E-state index in [0.717, 1.165) is 25.8 Å². The van der Waals surface area contributed by atoms with E-state index in [0.29, 0.717) is 13.2 Å². The van der Waals surface area contributed by atoms with Crippen molar-refractivity contribution in [3.8, 4) is 0 Å². The number of hydrogen-bond acceptors (Lipinski definition) is 6. The predicted octanol–water partition coefficient (Wildman–Crippen LogP) is 0.0183. The van der Waals surface area contributed by atoms with Gasteiger partial charge in [-0.25, -0.2) is 0 Å². The van der Waals surface area contributed by atoms with E-state index in [1.807, 2.05) is 13.8 Å². The highest BCUT2D eigenvalue weighted by atomic mass is 16.6. The van der Waals surface area contributed by atoms with Gasteiger partial charge in [-0.2, -0.15) is 5.10 Å². The van der Waals surface area contributed by atoms with Crippen LogP contribution in [0.4, 0.5) is 5.69 Å². The molecule has 0 bridgehead atoms. The first-order chi connectivity index (χ1) is 10.4. The van der Waals surface area contributed by atoms with Crippen LogP contribution in [-0.2, 0) is 16.1 Å². The Balaban J connectivity index is 1.84. The van der Waals surface area contributed by atoms with Crippen molar-refractivity contribution >= 4 is 11.6 Å². The maximum absolute atomic E-state index is 12.1. The topological polar surface area (TPSA) is 103 Å². The van der Waals surface area contributed by atoms with Crippen LogP contribution in [0.5, 0.6) is 0 Å². The predicted molar refractivity (Wildman–Crippen MR) is 78.4 cm³/mol. The lowest BCUT2D eigenvalue weighted by Gasteiger charge is -2.35. The van der Waals surface area contributed by atoms with E-state index in [4.69, 9.17) is 4.74 Å². The number of carbonyl (C=O) groups excluding carboxylic acids is 1. The Morgan fingerprint density at radius 3 is 2.77 bits per heavy atom. The number of rotatable bonds is 6. The largest absolute Gasteiger partial charge is 0.379 e. The van der Waals surface area contributed by atoms with Gasteiger partial charge in [0.15, 0.2) is 0 Å². The number of aromatic nitrogens is 2. The van der Waals surface area contributed by atoms with E-state index in [9.17, 15) is 14.9 Å². The van der Waals surface area contributed by atoms with Gasteiger partial charge in [0.25, 0.3) is 0 Å². The fourth-order valence-corrected chi connectivity index (χ4v) is 2.46. The minimum atomic E-state index is -0.538. The molecule has 2 rings (SSSR count). The van der Waals surface area contributed by atoms with Gasteiger partial charge in [-0.05, 0) is 13.8 Å². The van der Waals surface area contributed by atoms with Crippen LogP contribution in [0.25, 0.3) is 0 Å². The molecule has 0 unspecified atom stereocenters. The van der Waals surface area contributed by atoms with Crippen molar-refractivity contribution in [1.82, 2.24) is 20.0 Å². The summed E-state index contributed by atoms with van der Waals surface area (Å²) in [7, 11) is 0. The lowest BCUT2D eigenvalue weighted by atomic mass is 10.0. The summed E-state index contributed by atoms with van der Waals surface area (Å²) in [6.07, 6.45) is 2.38. The average molecular weight is 311 g/mol. The normalized spacial score (nSPS) is 16.5. The van der Waals surface area contributed by atoms with Gasteiger partial charge in [0.2, 0.25) is 5.91 Å². The summed E-state index contributed by atoms with van der Waals surface area (Å²) in [5.74, 6) is -0.226. The molecule has 0 aromatic carbocycles. The molecule has 2 heterocycles. The first-order valence-electron chi connectivity index (χ1n) is 7.14. The van der Waals surface area contributed by atoms with Crippen LogP contribution in [-0.4, -0.2) is 63.9 Å². The number of hydrogen-bond donors (Lipinski definition) is 1. The molecular weight excluding hydrogens is 290 g/mol. The van der Waals surface area contributed by atoms with E-state index in [1.165, 1.54) is 10.9 Å². The molecule has 0 spiro atoms. The van der Waals surface area contributed by atoms with Crippen LogP contribution in [0.2, 0.25) is 0 Å². The summed E-state index contributed by atoms with van der Waals surface area (Å²) in [4.78, 5) is 24.4. The standard InChI is InChI=1S/C13H21N5O4/c1-13(2,10-16-3-5-22-6-4-16)15-12(19)9-17-8-11(7-14-17)18(20)21/h7-8H,3-6,9-10H2,1-2H3,(H,15,19). The van der Waals surface area contributed by atoms with Gasteiger partial charge in [0.1, 0.15) is 18.9 Å². The van der Waals surface area contributed by atoms with Crippen LogP contribution < -0.4 is 5.32 Å². The maximum atomic E-state index is 12.1. The SMILES string of the molecule is CC(C)(CN1CCOCC1)NC(=O)Cn1cc([N+](=O)[O-])cn1. The molecule has 1 aromatic heterocycles. The Morgan fingerprint density at radius 1 is 1.50 bits per heavy atom. The van der Waals surface area contributed by atoms with Crippen molar-refractivity contribution in [2.75, 3.05) is 32.8 Å². The summed E-state index contributed by atoms with van der Waals surface area (Å²) in [5, 5.41) is 17.3. The van der Waals surface area contributed by atoms with Gasteiger partial charge in [-0.3, -0.25) is 24.5 Å². The van der Waals surface area contributed by atoms with Crippen LogP contribution in [0.3, 0.4) is 0 Å². The summed E-state index contributed by atoms with van der Waals surface area (Å²) < 4.78 is 6.56. The zero-order valence-corrected chi connectivity index (χ0v) is 12.8. The molecule has 0 aliphatic carbocycles. The third-order valence-electron chi connectivity index (χ3n) is 3.34. The van der Waals surface area contributed by atoms with Gasteiger partial charge < -0.3 is 10.1 Å². The van der Waals surface area contributed by atoms with Gasteiger partial charge >= 0.3 is 5.69 Å². The third-order valence-corrected chi connectivity index (χ3v) is 3.34. The molecule has 0 saturated carbocycles. The van der Waals surface area contributed by atoms with E-state index < -0.39 is 10.5 Å². The lowest BCUT2D eigenvalue weighted by molar-refractivity contribution is -0.385. The van der Waals surface area contributed by atoms with Crippen molar-refractivity contribution in [3.05, 3.63) is 22.5 Å². The van der Waals surface area contributed by atoms with Crippen molar-refractivity contribution < 1.29 is 14.5 Å². The average Bonchev–Trinajstić information content (AvgIpc) is 2.87. The summed E-state index contributed by atoms with van der Waals surface area (Å²) in [6.45, 7) is 7.71. The minimum Gasteiger partial charge on any atom is -0.379 e. The van der Waals surface area contributed by atoms with E-state index in [1.54, 1.807) is 0 Å². The number of nitrogens with one attached hydrogen (secondary N) is 1. The molecule has 1 aliphatic rings. The molecule has 122 valence electrons. The maximum Gasteiger partial charge on any atom is 0.307 e. The molecule has 1 amide bonds. The molecule has 22 heavy (non-hydrogen) atoms. The van der Waals surface area contributed by atoms with Crippen molar-refractivity contribution in [2.24, 2.45) is 0 Å². The molecule has 9 heteroatoms. The second-order valence-corrected chi connectivity index (χ2v) is 5.97. The fraction of sp³-hybridized carbons (Fsp3) is 0.692. The summed E-state index contributed by atoms with van der Waals surface area (Å²) >= 11 is 0. The molecule has 9 nitrogen and oxygen atoms in total. The Labute approximate surface area is 128 Å². The Bertz CT molecular complexity index is 536. The molecule has 0 radical (unpaired) electrons. The van der Waals surface area contributed by atoms with Gasteiger partial charge in [-0.15, -0.1) is 0 Å². The number of amides is 1. The molecule has 1 aromatic rings. The molecule has 1 N–H and O–H groups in total. The molecule has 1 saturated heterocycles. The highest BCUT2D eigenvalue weighted by Gasteiger charge is 2.25. The quantitative estimate of drug-likeness (QED) is 0.587. The highest BCUT2D eigenvalue weighted by Crippen LogP contribution is 2.10. The van der Waals surface area contributed by atoms with E-state index in [2.05, 4.69) is 15.3 Å². The molecule has 1 fully saturated rings. The molecular formula is C13H21N5O4. The first-order valence-corrected chi connectivity index (χ1v) is 7.14. The van der Waals surface area contributed by atoms with E-state index in [-0.39, 0.29) is 18.1 Å². The van der Waals surface area contributed by atoms with Crippen LogP contribution in [0, 0.1) is 10.1 Å². The van der Waals surface area contributed by atoms with Gasteiger partial charge in [0, 0.05) is 25.2 Å². The van der Waals surface area contributed by atoms with Gasteiger partial charge in [0.05, 0.1) is 18.1 Å². The minimum absolute atomic E-state index is 0.0413. The number of morpholine rings is 1. The number of ether oxygens (including phenoxy) is 1. The van der Waals surface area contributed by atoms with Crippen molar-refractivity contribution in [3.63, 3.8) is 0 Å². The summed E-state index contributed by atoms with van der Waals surface area (Å²) in [6, 6.07) is 0. The Morgan fingerprint density at radius 2 is 2.18 bits per heavy atom. The second-order valence-electron chi connectivity index (χ2n) is 5.97. The third kappa shape index (κ3) is 4.78. The van der Waals surface area contributed by atoms with Gasteiger partial charge in [-0.1, -0.05) is 0 Å². The Hall–Kier alpha value is -2.00. The number of nitro groups is 1. The zero-order chi connectivity index (χ0) is 16.2. The molecule has 0 atom stereocenters. The van der Waals surface area contributed by atoms with Crippen LogP contribution in [0.15, 0.2) is 12.4 Å². The first kappa shape index (κ1) is 16.4. The molecule has 1 aliphatic heterocycles. The van der Waals surface area contributed by atoms with Crippen molar-refractivity contribution in [1.29, 1.82) is 0 Å². The zero-order valence-electron chi connectivity index (χ0n) is 12.8. The van der Waals surface area contributed by atoms with Crippen LogP contribution in [0.1, 0.15) is 13.8 Å².